The molecule has 40 heavy (non-hydrogen) atoms. The van der Waals surface area contributed by atoms with Gasteiger partial charge in [-0.05, 0) is 88.3 Å². The van der Waals surface area contributed by atoms with Gasteiger partial charge in [-0.3, -0.25) is 29.5 Å². The molecule has 0 unspecified atom stereocenters. The first kappa shape index (κ1) is 29.4. The Kier molecular flexibility index (Phi) is 9.02. The van der Waals surface area contributed by atoms with Crippen LogP contribution in [0.4, 0.5) is 10.5 Å². The Labute approximate surface area is 241 Å². The van der Waals surface area contributed by atoms with E-state index in [9.17, 15) is 19.2 Å². The highest BCUT2D eigenvalue weighted by molar-refractivity contribution is 9.10. The number of rotatable bonds is 8. The van der Waals surface area contributed by atoms with Crippen LogP contribution in [0.1, 0.15) is 52.0 Å². The third-order valence-corrected chi connectivity index (χ3v) is 7.66. The van der Waals surface area contributed by atoms with Gasteiger partial charge in [-0.15, -0.1) is 0 Å². The van der Waals surface area contributed by atoms with Gasteiger partial charge in [-0.25, -0.2) is 4.79 Å². The van der Waals surface area contributed by atoms with Crippen molar-refractivity contribution in [2.75, 3.05) is 11.4 Å². The number of nitrogens with one attached hydrogen (secondary N) is 3. The normalized spacial score (nSPS) is 18.2. The monoisotopic (exact) mass is 613 g/mol. The second-order valence-corrected chi connectivity index (χ2v) is 12.3. The van der Waals surface area contributed by atoms with E-state index < -0.39 is 23.6 Å². The Morgan fingerprint density at radius 1 is 1.10 bits per heavy atom. The molecule has 1 saturated carbocycles. The first-order valence-corrected chi connectivity index (χ1v) is 14.2. The number of halogens is 1. The predicted octanol–water partition coefficient (Wildman–Crippen LogP) is 4.38. The second-order valence-electron chi connectivity index (χ2n) is 11.4. The molecule has 4 rings (SSSR count). The van der Waals surface area contributed by atoms with Gasteiger partial charge in [-0.2, -0.15) is 0 Å². The molecule has 10 nitrogen and oxygen atoms in total. The van der Waals surface area contributed by atoms with Gasteiger partial charge in [0, 0.05) is 29.0 Å². The van der Waals surface area contributed by atoms with Crippen LogP contribution in [0.15, 0.2) is 51.7 Å². The lowest BCUT2D eigenvalue weighted by Gasteiger charge is -2.36. The number of anilines is 1. The zero-order valence-electron chi connectivity index (χ0n) is 23.0. The molecule has 0 spiro atoms. The van der Waals surface area contributed by atoms with E-state index >= 15 is 0 Å². The smallest absolute Gasteiger partial charge is 0.407 e. The minimum absolute atomic E-state index is 0.186. The van der Waals surface area contributed by atoms with Crippen molar-refractivity contribution in [1.82, 2.24) is 15.5 Å². The van der Waals surface area contributed by atoms with E-state index in [1.807, 2.05) is 45.0 Å². The van der Waals surface area contributed by atoms with Crippen LogP contribution in [0.2, 0.25) is 0 Å². The van der Waals surface area contributed by atoms with Crippen LogP contribution in [0.3, 0.4) is 0 Å². The fraction of sp³-hybridized carbons (Fsp3) is 0.448. The number of amides is 3. The molecule has 214 valence electrons. The van der Waals surface area contributed by atoms with Crippen LogP contribution in [-0.2, 0) is 20.7 Å². The van der Waals surface area contributed by atoms with Gasteiger partial charge < -0.3 is 15.8 Å². The van der Waals surface area contributed by atoms with Gasteiger partial charge in [0.15, 0.2) is 0 Å². The minimum Gasteiger partial charge on any atom is -0.444 e. The Balaban J connectivity index is 1.55. The minimum atomic E-state index is -0.934. The van der Waals surface area contributed by atoms with E-state index in [2.05, 4.69) is 31.4 Å². The van der Waals surface area contributed by atoms with E-state index in [0.29, 0.717) is 36.0 Å². The van der Waals surface area contributed by atoms with E-state index in [0.717, 1.165) is 22.9 Å². The quantitative estimate of drug-likeness (QED) is 0.297. The van der Waals surface area contributed by atoms with Gasteiger partial charge in [0.2, 0.25) is 11.8 Å². The lowest BCUT2D eigenvalue weighted by Crippen LogP contribution is -2.52. The van der Waals surface area contributed by atoms with Crippen LogP contribution < -0.4 is 21.5 Å². The van der Waals surface area contributed by atoms with Gasteiger partial charge in [-0.1, -0.05) is 28.1 Å². The number of alkyl carbamates (subject to hydrolysis) is 1. The number of carbonyl (C=O) groups is 3. The van der Waals surface area contributed by atoms with Crippen molar-refractivity contribution in [2.45, 2.75) is 64.5 Å². The predicted molar refractivity (Wildman–Crippen MR) is 157 cm³/mol. The standard InChI is InChI=1S/C29H36BrN5O5/c1-29(2,3)40-28(39)32-16-17-7-9-19(10-8-17)27(38)35(21-11-12-22-23(15-21)33-34-26(22)37)24(25(31)36)14-18-5-4-6-20(30)13-18/h4-6,11-13,15,17,19,24H,7-10,14,16H2,1-3H3,(H2,31,36)(H,32,39)(H2,33,34,37)/t17?,19?,24-/m0/s1. The average Bonchev–Trinajstić information content (AvgIpc) is 3.26. The summed E-state index contributed by atoms with van der Waals surface area (Å²) in [5.41, 5.74) is 6.95. The van der Waals surface area contributed by atoms with E-state index in [1.54, 1.807) is 18.2 Å². The molecule has 0 bridgehead atoms. The molecule has 1 aliphatic carbocycles. The molecule has 0 aliphatic heterocycles. The molecule has 3 aromatic rings. The van der Waals surface area contributed by atoms with Crippen molar-refractivity contribution in [3.05, 3.63) is 62.9 Å². The first-order valence-electron chi connectivity index (χ1n) is 13.5. The van der Waals surface area contributed by atoms with Gasteiger partial charge >= 0.3 is 6.09 Å². The largest absolute Gasteiger partial charge is 0.444 e. The van der Waals surface area contributed by atoms with Crippen molar-refractivity contribution in [2.24, 2.45) is 17.6 Å². The number of H-pyrrole nitrogens is 2. The lowest BCUT2D eigenvalue weighted by molar-refractivity contribution is -0.127. The summed E-state index contributed by atoms with van der Waals surface area (Å²) < 4.78 is 6.18. The molecule has 11 heteroatoms. The van der Waals surface area contributed by atoms with Crippen LogP contribution in [0, 0.1) is 11.8 Å². The van der Waals surface area contributed by atoms with E-state index in [4.69, 9.17) is 10.5 Å². The molecule has 5 N–H and O–H groups in total. The van der Waals surface area contributed by atoms with Gasteiger partial charge in [0.1, 0.15) is 11.6 Å². The first-order chi connectivity index (χ1) is 18.9. The van der Waals surface area contributed by atoms with Crippen molar-refractivity contribution in [3.8, 4) is 0 Å². The number of fused-ring (bicyclic) bond motifs is 1. The molecule has 2 aromatic carbocycles. The Morgan fingerprint density at radius 2 is 1.82 bits per heavy atom. The zero-order valence-corrected chi connectivity index (χ0v) is 24.5. The van der Waals surface area contributed by atoms with Crippen molar-refractivity contribution in [1.29, 1.82) is 0 Å². The SMILES string of the molecule is CC(C)(C)OC(=O)NCC1CCC(C(=O)N(c2ccc3c(=O)[nH][nH]c3c2)[C@@H](Cc2cccc(Br)c2)C(N)=O)CC1. The molecule has 0 radical (unpaired) electrons. The average molecular weight is 615 g/mol. The van der Waals surface area contributed by atoms with Crippen molar-refractivity contribution >= 4 is 50.4 Å². The third kappa shape index (κ3) is 7.32. The molecule has 1 aromatic heterocycles. The maximum absolute atomic E-state index is 14.1. The van der Waals surface area contributed by atoms with Crippen LogP contribution in [-0.4, -0.2) is 46.3 Å². The molecular weight excluding hydrogens is 578 g/mol. The Morgan fingerprint density at radius 3 is 2.48 bits per heavy atom. The summed E-state index contributed by atoms with van der Waals surface area (Å²) in [6, 6.07) is 11.6. The highest BCUT2D eigenvalue weighted by Gasteiger charge is 2.36. The Bertz CT molecular complexity index is 1430. The van der Waals surface area contributed by atoms with Gasteiger partial charge in [0.25, 0.3) is 5.56 Å². The number of hydrogen-bond donors (Lipinski definition) is 4. The number of hydrogen-bond acceptors (Lipinski definition) is 5. The topological polar surface area (TPSA) is 150 Å². The zero-order chi connectivity index (χ0) is 29.0. The number of nitrogens with zero attached hydrogens (tertiary/aromatic N) is 1. The summed E-state index contributed by atoms with van der Waals surface area (Å²) in [4.78, 5) is 52.6. The van der Waals surface area contributed by atoms with Crippen molar-refractivity contribution in [3.63, 3.8) is 0 Å². The molecule has 1 fully saturated rings. The number of nitrogens with two attached hydrogens (primary N) is 1. The summed E-state index contributed by atoms with van der Waals surface area (Å²) in [6.07, 6.45) is 2.50. The summed E-state index contributed by atoms with van der Waals surface area (Å²) >= 11 is 3.47. The highest BCUT2D eigenvalue weighted by atomic mass is 79.9. The number of ether oxygens (including phenoxy) is 1. The lowest BCUT2D eigenvalue weighted by atomic mass is 9.81. The summed E-state index contributed by atoms with van der Waals surface area (Å²) in [5, 5.41) is 8.67. The van der Waals surface area contributed by atoms with E-state index in [1.165, 1.54) is 4.90 Å². The number of carbonyl (C=O) groups excluding carboxylic acids is 3. The van der Waals surface area contributed by atoms with Crippen molar-refractivity contribution < 1.29 is 19.1 Å². The molecule has 1 aliphatic rings. The van der Waals surface area contributed by atoms with E-state index in [-0.39, 0.29) is 29.7 Å². The number of aromatic nitrogens is 2. The number of primary amides is 1. The van der Waals surface area contributed by atoms with Crippen LogP contribution in [0.5, 0.6) is 0 Å². The number of benzene rings is 2. The maximum Gasteiger partial charge on any atom is 0.407 e. The maximum atomic E-state index is 14.1. The third-order valence-electron chi connectivity index (χ3n) is 7.16. The highest BCUT2D eigenvalue weighted by Crippen LogP contribution is 2.33. The fourth-order valence-electron chi connectivity index (χ4n) is 5.19. The van der Waals surface area contributed by atoms with Crippen LogP contribution in [0.25, 0.3) is 10.9 Å². The number of aromatic amines is 2. The second kappa shape index (κ2) is 12.3. The molecule has 0 saturated heterocycles. The molecular formula is C29H36BrN5O5. The summed E-state index contributed by atoms with van der Waals surface area (Å²) in [5.74, 6) is -0.899. The van der Waals surface area contributed by atoms with Crippen LogP contribution >= 0.6 is 15.9 Å². The fourth-order valence-corrected chi connectivity index (χ4v) is 5.64. The molecule has 3 amide bonds. The summed E-state index contributed by atoms with van der Waals surface area (Å²) in [7, 11) is 0. The van der Waals surface area contributed by atoms with Gasteiger partial charge in [0.05, 0.1) is 10.9 Å². The summed E-state index contributed by atoms with van der Waals surface area (Å²) in [6.45, 7) is 5.92. The molecule has 1 atom stereocenters. The Hall–Kier alpha value is -3.60. The molecule has 1 heterocycles.